The molecule has 1 aliphatic heterocycles. The third-order valence-electron chi connectivity index (χ3n) is 8.94. The van der Waals surface area contributed by atoms with E-state index in [2.05, 4.69) is 9.62 Å². The number of anilines is 1. The smallest absolute Gasteiger partial charge is 0.229 e. The molecule has 36 heavy (non-hydrogen) atoms. The molecule has 4 saturated carbocycles. The minimum absolute atomic E-state index is 0.0463. The number of nitrogens with zero attached hydrogens (tertiary/aromatic N) is 1. The standard InChI is InChI=1S/C28H33ClN2O4S/c1-36(34,35)30-24-6-4-18(5-7-24)19-2-3-20(25(29)13-19)12-21-8-9-31(27(21)32)26-22-10-17-11-23(26)16-28(33,14-17)15-22/h2-7,13,17,21-23,26,30,33H,8-12,14-16H2,1H3. The summed E-state index contributed by atoms with van der Waals surface area (Å²) in [7, 11) is -3.32. The van der Waals surface area contributed by atoms with Crippen LogP contribution in [0.25, 0.3) is 11.1 Å². The largest absolute Gasteiger partial charge is 0.390 e. The number of rotatable bonds is 6. The van der Waals surface area contributed by atoms with Gasteiger partial charge in [-0.1, -0.05) is 35.9 Å². The topological polar surface area (TPSA) is 86.7 Å². The Bertz CT molecular complexity index is 1280. The van der Waals surface area contributed by atoms with Gasteiger partial charge in [0.2, 0.25) is 15.9 Å². The Labute approximate surface area is 218 Å². The minimum Gasteiger partial charge on any atom is -0.390 e. The van der Waals surface area contributed by atoms with Crippen molar-refractivity contribution in [2.45, 2.75) is 56.6 Å². The SMILES string of the molecule is CS(=O)(=O)Nc1ccc(-c2ccc(CC3CCN(C4C5CC6CC4CC(O)(C6)C5)C3=O)c(Cl)c2)cc1. The highest BCUT2D eigenvalue weighted by Gasteiger charge is 2.57. The fraction of sp³-hybridized carbons (Fsp3) is 0.536. The van der Waals surface area contributed by atoms with Gasteiger partial charge in [0.25, 0.3) is 0 Å². The number of hydrogen-bond donors (Lipinski definition) is 2. The van der Waals surface area contributed by atoms with Gasteiger partial charge in [0.15, 0.2) is 0 Å². The molecule has 1 amide bonds. The van der Waals surface area contributed by atoms with Crippen LogP contribution < -0.4 is 4.72 Å². The summed E-state index contributed by atoms with van der Waals surface area (Å²) in [5.74, 6) is 1.75. The Morgan fingerprint density at radius 1 is 1.06 bits per heavy atom. The molecular weight excluding hydrogens is 496 g/mol. The van der Waals surface area contributed by atoms with Crippen LogP contribution in [0.5, 0.6) is 0 Å². The van der Waals surface area contributed by atoms with Crippen molar-refractivity contribution in [1.82, 2.24) is 4.90 Å². The number of halogens is 1. The number of amides is 1. The molecule has 8 heteroatoms. The normalized spacial score (nSPS) is 33.4. The molecular formula is C28H33ClN2O4S. The van der Waals surface area contributed by atoms with E-state index in [-0.39, 0.29) is 11.8 Å². The maximum atomic E-state index is 13.5. The van der Waals surface area contributed by atoms with E-state index >= 15 is 0 Å². The molecule has 1 heterocycles. The minimum atomic E-state index is -3.32. The summed E-state index contributed by atoms with van der Waals surface area (Å²) in [5.41, 5.74) is 2.90. The Hall–Kier alpha value is -2.09. The van der Waals surface area contributed by atoms with Gasteiger partial charge in [-0.25, -0.2) is 8.42 Å². The summed E-state index contributed by atoms with van der Waals surface area (Å²) < 4.78 is 25.3. The molecule has 5 fully saturated rings. The molecule has 2 aromatic rings. The zero-order valence-corrected chi connectivity index (χ0v) is 22.1. The first-order valence-electron chi connectivity index (χ1n) is 13.0. The number of nitrogens with one attached hydrogen (secondary N) is 1. The number of aliphatic hydroxyl groups is 1. The van der Waals surface area contributed by atoms with E-state index in [0.717, 1.165) is 68.0 Å². The molecule has 7 rings (SSSR count). The second-order valence-electron chi connectivity index (χ2n) is 11.7. The molecule has 4 aliphatic carbocycles. The van der Waals surface area contributed by atoms with Gasteiger partial charge in [-0.3, -0.25) is 9.52 Å². The zero-order chi connectivity index (χ0) is 25.2. The molecule has 2 aromatic carbocycles. The molecule has 4 bridgehead atoms. The molecule has 192 valence electrons. The fourth-order valence-electron chi connectivity index (χ4n) is 7.81. The van der Waals surface area contributed by atoms with Crippen molar-refractivity contribution in [1.29, 1.82) is 0 Å². The lowest BCUT2D eigenvalue weighted by Gasteiger charge is -2.59. The van der Waals surface area contributed by atoms with Crippen molar-refractivity contribution in [3.63, 3.8) is 0 Å². The van der Waals surface area contributed by atoms with Gasteiger partial charge in [-0.05, 0) is 97.6 Å². The van der Waals surface area contributed by atoms with E-state index < -0.39 is 15.6 Å². The van der Waals surface area contributed by atoms with Gasteiger partial charge in [-0.15, -0.1) is 0 Å². The fourth-order valence-corrected chi connectivity index (χ4v) is 8.64. The van der Waals surface area contributed by atoms with Crippen molar-refractivity contribution < 1.29 is 18.3 Å². The van der Waals surface area contributed by atoms with Crippen LogP contribution in [0.3, 0.4) is 0 Å². The average Bonchev–Trinajstić information content (AvgIpc) is 3.13. The van der Waals surface area contributed by atoms with Gasteiger partial charge in [0.05, 0.1) is 11.9 Å². The Kier molecular flexibility index (Phi) is 5.89. The van der Waals surface area contributed by atoms with E-state index in [1.165, 1.54) is 0 Å². The third kappa shape index (κ3) is 4.54. The van der Waals surface area contributed by atoms with Crippen LogP contribution in [0, 0.1) is 23.7 Å². The number of likely N-dealkylation sites (tertiary alicyclic amines) is 1. The molecule has 6 nitrogen and oxygen atoms in total. The summed E-state index contributed by atoms with van der Waals surface area (Å²) in [6, 6.07) is 13.4. The molecule has 0 spiro atoms. The van der Waals surface area contributed by atoms with Crippen LogP contribution in [0.2, 0.25) is 5.02 Å². The summed E-state index contributed by atoms with van der Waals surface area (Å²) in [6.07, 6.45) is 7.62. The predicted molar refractivity (Wildman–Crippen MR) is 141 cm³/mol. The van der Waals surface area contributed by atoms with Gasteiger partial charge < -0.3 is 10.0 Å². The average molecular weight is 529 g/mol. The number of carbonyl (C=O) groups excluding carboxylic acids is 1. The predicted octanol–water partition coefficient (Wildman–Crippen LogP) is 4.71. The lowest BCUT2D eigenvalue weighted by Crippen LogP contribution is -2.62. The molecule has 1 saturated heterocycles. The first-order valence-corrected chi connectivity index (χ1v) is 15.2. The lowest BCUT2D eigenvalue weighted by molar-refractivity contribution is -0.168. The monoisotopic (exact) mass is 528 g/mol. The highest BCUT2D eigenvalue weighted by molar-refractivity contribution is 7.92. The quantitative estimate of drug-likeness (QED) is 0.568. The van der Waals surface area contributed by atoms with Gasteiger partial charge in [-0.2, -0.15) is 0 Å². The molecule has 0 radical (unpaired) electrons. The van der Waals surface area contributed by atoms with Crippen LogP contribution in [0.15, 0.2) is 42.5 Å². The zero-order valence-electron chi connectivity index (χ0n) is 20.5. The summed E-state index contributed by atoms with van der Waals surface area (Å²) in [4.78, 5) is 15.7. The van der Waals surface area contributed by atoms with Crippen LogP contribution >= 0.6 is 11.6 Å². The number of sulfonamides is 1. The third-order valence-corrected chi connectivity index (χ3v) is 9.90. The van der Waals surface area contributed by atoms with Crippen molar-refractivity contribution in [3.8, 4) is 11.1 Å². The van der Waals surface area contributed by atoms with Crippen molar-refractivity contribution in [2.24, 2.45) is 23.7 Å². The summed E-state index contributed by atoms with van der Waals surface area (Å²) >= 11 is 6.68. The first-order chi connectivity index (χ1) is 17.1. The maximum Gasteiger partial charge on any atom is 0.229 e. The molecule has 3 atom stereocenters. The van der Waals surface area contributed by atoms with E-state index in [4.69, 9.17) is 11.6 Å². The van der Waals surface area contributed by atoms with E-state index in [0.29, 0.717) is 40.9 Å². The Morgan fingerprint density at radius 2 is 1.72 bits per heavy atom. The lowest BCUT2D eigenvalue weighted by atomic mass is 9.52. The van der Waals surface area contributed by atoms with Crippen LogP contribution in [0.1, 0.15) is 44.1 Å². The number of carbonyl (C=O) groups is 1. The van der Waals surface area contributed by atoms with E-state index in [1.807, 2.05) is 30.3 Å². The molecule has 2 N–H and O–H groups in total. The van der Waals surface area contributed by atoms with E-state index in [1.54, 1.807) is 12.1 Å². The van der Waals surface area contributed by atoms with Gasteiger partial charge >= 0.3 is 0 Å². The maximum absolute atomic E-state index is 13.5. The van der Waals surface area contributed by atoms with Crippen LogP contribution in [-0.2, 0) is 21.2 Å². The molecule has 0 aromatic heterocycles. The van der Waals surface area contributed by atoms with Crippen molar-refractivity contribution in [3.05, 3.63) is 53.1 Å². The van der Waals surface area contributed by atoms with Crippen LogP contribution in [-0.4, -0.2) is 48.8 Å². The first kappa shape index (κ1) is 24.3. The molecule has 3 unspecified atom stereocenters. The number of benzene rings is 2. The second-order valence-corrected chi connectivity index (χ2v) is 13.8. The Balaban J connectivity index is 1.13. The highest BCUT2D eigenvalue weighted by atomic mass is 35.5. The summed E-state index contributed by atoms with van der Waals surface area (Å²) in [6.45, 7) is 0.813. The second kappa shape index (κ2) is 8.74. The van der Waals surface area contributed by atoms with E-state index in [9.17, 15) is 18.3 Å². The Morgan fingerprint density at radius 3 is 2.33 bits per heavy atom. The number of hydrogen-bond acceptors (Lipinski definition) is 4. The van der Waals surface area contributed by atoms with Gasteiger partial charge in [0.1, 0.15) is 0 Å². The van der Waals surface area contributed by atoms with Crippen molar-refractivity contribution in [2.75, 3.05) is 17.5 Å². The molecule has 5 aliphatic rings. The highest BCUT2D eigenvalue weighted by Crippen LogP contribution is 2.57. The van der Waals surface area contributed by atoms with Gasteiger partial charge in [0, 0.05) is 29.2 Å². The van der Waals surface area contributed by atoms with Crippen molar-refractivity contribution >= 4 is 33.2 Å². The van der Waals surface area contributed by atoms with Crippen LogP contribution in [0.4, 0.5) is 5.69 Å². The summed E-state index contributed by atoms with van der Waals surface area (Å²) in [5, 5.41) is 11.6.